The van der Waals surface area contributed by atoms with Crippen LogP contribution in [-0.4, -0.2) is 38.6 Å². The van der Waals surface area contributed by atoms with E-state index < -0.39 is 5.91 Å². The van der Waals surface area contributed by atoms with Crippen LogP contribution >= 0.6 is 11.6 Å². The molecule has 1 aromatic carbocycles. The second kappa shape index (κ2) is 7.14. The van der Waals surface area contributed by atoms with Crippen LogP contribution in [0.2, 0.25) is 5.02 Å². The van der Waals surface area contributed by atoms with E-state index in [0.29, 0.717) is 34.1 Å². The molecule has 8 nitrogen and oxygen atoms in total. The van der Waals surface area contributed by atoms with Gasteiger partial charge in [-0.15, -0.1) is 0 Å². The van der Waals surface area contributed by atoms with Crippen LogP contribution in [0.3, 0.4) is 0 Å². The second-order valence-corrected chi connectivity index (χ2v) is 8.90. The Morgan fingerprint density at radius 3 is 2.90 bits per heavy atom. The summed E-state index contributed by atoms with van der Waals surface area (Å²) in [6.45, 7) is 2.65. The van der Waals surface area contributed by atoms with Crippen molar-refractivity contribution in [1.82, 2.24) is 24.9 Å². The predicted octanol–water partition coefficient (Wildman–Crippen LogP) is 2.44. The Balaban J connectivity index is 1.43. The summed E-state index contributed by atoms with van der Waals surface area (Å²) in [5, 5.41) is 13.2. The molecule has 156 valence electrons. The number of nitrogen functional groups attached to an aromatic ring is 1. The van der Waals surface area contributed by atoms with Crippen LogP contribution in [0, 0.1) is 5.41 Å². The third kappa shape index (κ3) is 3.26. The molecule has 5 N–H and O–H groups in total. The van der Waals surface area contributed by atoms with Gasteiger partial charge in [-0.2, -0.15) is 10.2 Å². The van der Waals surface area contributed by atoms with Crippen molar-refractivity contribution in [3.8, 4) is 11.3 Å². The van der Waals surface area contributed by atoms with Crippen LogP contribution in [0.25, 0.3) is 11.3 Å². The smallest absolute Gasteiger partial charge is 0.254 e. The maximum Gasteiger partial charge on any atom is 0.254 e. The van der Waals surface area contributed by atoms with E-state index in [1.807, 2.05) is 30.5 Å². The Hall–Kier alpha value is -2.84. The van der Waals surface area contributed by atoms with Gasteiger partial charge in [-0.1, -0.05) is 23.7 Å². The first-order chi connectivity index (χ1) is 14.4. The number of primary amides is 1. The van der Waals surface area contributed by atoms with Gasteiger partial charge in [0.2, 0.25) is 0 Å². The predicted molar refractivity (Wildman–Crippen MR) is 115 cm³/mol. The fourth-order valence-corrected chi connectivity index (χ4v) is 5.04. The summed E-state index contributed by atoms with van der Waals surface area (Å²) in [4.78, 5) is 12.2. The monoisotopic (exact) mass is 425 g/mol. The molecule has 3 heterocycles. The maximum atomic E-state index is 12.2. The largest absolute Gasteiger partial charge is 0.383 e. The van der Waals surface area contributed by atoms with Crippen molar-refractivity contribution in [2.75, 3.05) is 18.8 Å². The van der Waals surface area contributed by atoms with Crippen LogP contribution in [-0.2, 0) is 6.54 Å². The molecule has 30 heavy (non-hydrogen) atoms. The average molecular weight is 426 g/mol. The van der Waals surface area contributed by atoms with Crippen LogP contribution in [0.15, 0.2) is 36.7 Å². The molecule has 2 aliphatic rings. The number of anilines is 1. The van der Waals surface area contributed by atoms with E-state index in [2.05, 4.69) is 10.4 Å². The summed E-state index contributed by atoms with van der Waals surface area (Å²) in [5.74, 6) is -0.237. The molecule has 1 saturated heterocycles. The third-order valence-corrected chi connectivity index (χ3v) is 6.58. The molecule has 2 aromatic heterocycles. The van der Waals surface area contributed by atoms with Crippen molar-refractivity contribution < 1.29 is 4.79 Å². The number of nitrogens with zero attached hydrogens (tertiary/aromatic N) is 4. The van der Waals surface area contributed by atoms with Crippen molar-refractivity contribution in [3.05, 3.63) is 52.8 Å². The van der Waals surface area contributed by atoms with Gasteiger partial charge < -0.3 is 16.8 Å². The average Bonchev–Trinajstić information content (AvgIpc) is 3.38. The summed E-state index contributed by atoms with van der Waals surface area (Å²) in [6, 6.07) is 7.81. The van der Waals surface area contributed by atoms with E-state index in [4.69, 9.17) is 28.2 Å². The molecule has 1 amide bonds. The van der Waals surface area contributed by atoms with Crippen molar-refractivity contribution in [2.24, 2.45) is 11.1 Å². The highest BCUT2D eigenvalue weighted by Gasteiger charge is 2.48. The molecule has 0 bridgehead atoms. The van der Waals surface area contributed by atoms with Crippen molar-refractivity contribution in [2.45, 2.75) is 31.8 Å². The quantitative estimate of drug-likeness (QED) is 0.580. The van der Waals surface area contributed by atoms with Crippen LogP contribution in [0.4, 0.5) is 5.82 Å². The topological polar surface area (TPSA) is 117 Å². The summed E-state index contributed by atoms with van der Waals surface area (Å²) >= 11 is 6.07. The maximum absolute atomic E-state index is 12.2. The number of nitrogens with one attached hydrogen (secondary N) is 1. The van der Waals surface area contributed by atoms with Gasteiger partial charge in [0.05, 0.1) is 18.8 Å². The number of hydrogen-bond donors (Lipinski definition) is 3. The minimum atomic E-state index is -0.576. The van der Waals surface area contributed by atoms with Crippen molar-refractivity contribution in [1.29, 1.82) is 0 Å². The highest BCUT2D eigenvalue weighted by atomic mass is 35.5. The number of aromatic nitrogens is 4. The highest BCUT2D eigenvalue weighted by Crippen LogP contribution is 2.53. The first kappa shape index (κ1) is 19.1. The Morgan fingerprint density at radius 1 is 1.37 bits per heavy atom. The van der Waals surface area contributed by atoms with E-state index >= 15 is 0 Å². The number of hydrogen-bond acceptors (Lipinski definition) is 5. The molecule has 1 aliphatic heterocycles. The Labute approximate surface area is 179 Å². The fourth-order valence-electron chi connectivity index (χ4n) is 4.82. The van der Waals surface area contributed by atoms with Gasteiger partial charge in [0.1, 0.15) is 17.1 Å². The van der Waals surface area contributed by atoms with Gasteiger partial charge in [0.15, 0.2) is 0 Å². The minimum absolute atomic E-state index is 0.193. The van der Waals surface area contributed by atoms with Crippen LogP contribution in [0.1, 0.15) is 41.2 Å². The zero-order valence-electron chi connectivity index (χ0n) is 16.5. The van der Waals surface area contributed by atoms with Crippen molar-refractivity contribution in [3.63, 3.8) is 0 Å². The van der Waals surface area contributed by atoms with Gasteiger partial charge in [-0.25, -0.2) is 4.68 Å². The standard InChI is InChI=1S/C21H24ClN7O/c22-15-3-1-2-13(6-15)10-28-11-14(9-26-28)18-17(20(24)30)19(23)29(27-18)16-7-21(8-16)4-5-25-12-21/h1-3,6,9,11,16,25H,4-5,7-8,10,12,23H2,(H2,24,30)/t16-,21-. The van der Waals surface area contributed by atoms with E-state index in [1.165, 1.54) is 6.42 Å². The molecule has 5 rings (SSSR count). The SMILES string of the molecule is NC(=O)c1c(-c2cnn(Cc3cccc(Cl)c3)c2)nn([C@H]2C[C@@]3(CCNC3)C2)c1N. The molecule has 1 spiro atoms. The molecule has 2 fully saturated rings. The van der Waals surface area contributed by atoms with E-state index in [0.717, 1.165) is 31.5 Å². The van der Waals surface area contributed by atoms with E-state index in [-0.39, 0.29) is 11.6 Å². The Bertz CT molecular complexity index is 1100. The number of amides is 1. The van der Waals surface area contributed by atoms with Crippen LogP contribution < -0.4 is 16.8 Å². The molecule has 0 atom stereocenters. The van der Waals surface area contributed by atoms with Gasteiger partial charge in [-0.3, -0.25) is 9.48 Å². The summed E-state index contributed by atoms with van der Waals surface area (Å²) in [7, 11) is 0. The van der Waals surface area contributed by atoms with E-state index in [9.17, 15) is 4.79 Å². The van der Waals surface area contributed by atoms with E-state index in [1.54, 1.807) is 15.6 Å². The van der Waals surface area contributed by atoms with Gasteiger partial charge >= 0.3 is 0 Å². The molecule has 1 saturated carbocycles. The first-order valence-corrected chi connectivity index (χ1v) is 10.5. The number of nitrogens with two attached hydrogens (primary N) is 2. The summed E-state index contributed by atoms with van der Waals surface area (Å²) in [5.41, 5.74) is 14.8. The number of carbonyl (C=O) groups excluding carboxylic acids is 1. The molecule has 9 heteroatoms. The molecule has 0 unspecified atom stereocenters. The highest BCUT2D eigenvalue weighted by molar-refractivity contribution is 6.30. The first-order valence-electron chi connectivity index (χ1n) is 10.1. The molecular formula is C21H24ClN7O. The number of halogens is 1. The van der Waals surface area contributed by atoms with Crippen LogP contribution in [0.5, 0.6) is 0 Å². The number of rotatable bonds is 5. The lowest BCUT2D eigenvalue weighted by Gasteiger charge is -2.45. The second-order valence-electron chi connectivity index (χ2n) is 8.46. The Kier molecular flexibility index (Phi) is 4.56. The molecule has 1 aliphatic carbocycles. The third-order valence-electron chi connectivity index (χ3n) is 6.35. The number of carbonyl (C=O) groups is 1. The Morgan fingerprint density at radius 2 is 2.20 bits per heavy atom. The normalized spacial score (nSPS) is 23.0. The number of benzene rings is 1. The lowest BCUT2D eigenvalue weighted by molar-refractivity contribution is 0.0774. The molecule has 3 aromatic rings. The van der Waals surface area contributed by atoms with Gasteiger partial charge in [-0.05, 0) is 48.9 Å². The minimum Gasteiger partial charge on any atom is -0.383 e. The summed E-state index contributed by atoms with van der Waals surface area (Å²) in [6.07, 6.45) is 6.74. The lowest BCUT2D eigenvalue weighted by Crippen LogP contribution is -2.40. The summed E-state index contributed by atoms with van der Waals surface area (Å²) < 4.78 is 3.57. The molecular weight excluding hydrogens is 402 g/mol. The molecule has 0 radical (unpaired) electrons. The lowest BCUT2D eigenvalue weighted by atomic mass is 9.65. The fraction of sp³-hybridized carbons (Fsp3) is 0.381. The zero-order chi connectivity index (χ0) is 20.9. The van der Waals surface area contributed by atoms with Gasteiger partial charge in [0.25, 0.3) is 5.91 Å². The zero-order valence-corrected chi connectivity index (χ0v) is 17.3. The van der Waals surface area contributed by atoms with Gasteiger partial charge in [0, 0.05) is 23.3 Å². The van der Waals surface area contributed by atoms with Crippen molar-refractivity contribution >= 4 is 23.3 Å².